The maximum atomic E-state index is 9.96. The van der Waals surface area contributed by atoms with Gasteiger partial charge in [0.05, 0.1) is 0 Å². The molecule has 3 atom stereocenters. The van der Waals surface area contributed by atoms with E-state index in [0.717, 1.165) is 25.9 Å². The number of fused-ring (bicyclic) bond motifs is 4. The second-order valence-corrected chi connectivity index (χ2v) is 8.28. The summed E-state index contributed by atoms with van der Waals surface area (Å²) in [4.78, 5) is 2.72. The highest BCUT2D eigenvalue weighted by atomic mass is 16.3. The summed E-state index contributed by atoms with van der Waals surface area (Å²) in [5.74, 6) is 1.03. The van der Waals surface area contributed by atoms with Gasteiger partial charge in [-0.15, -0.1) is 0 Å². The number of rotatable bonds is 3. The maximum absolute atomic E-state index is 9.96. The second kappa shape index (κ2) is 6.17. The molecule has 1 fully saturated rings. The Bertz CT molecular complexity index is 783. The van der Waals surface area contributed by atoms with E-state index < -0.39 is 0 Å². The molecule has 2 heteroatoms. The van der Waals surface area contributed by atoms with Gasteiger partial charge in [-0.05, 0) is 78.5 Å². The van der Waals surface area contributed by atoms with E-state index in [0.29, 0.717) is 17.7 Å². The van der Waals surface area contributed by atoms with E-state index in [1.807, 2.05) is 12.1 Å². The third kappa shape index (κ3) is 2.77. The fourth-order valence-corrected chi connectivity index (χ4v) is 5.13. The Morgan fingerprint density at radius 3 is 2.80 bits per heavy atom. The van der Waals surface area contributed by atoms with E-state index in [-0.39, 0.29) is 5.41 Å². The zero-order valence-corrected chi connectivity index (χ0v) is 15.6. The Balaban J connectivity index is 1.57. The molecule has 1 N–H and O–H groups in total. The van der Waals surface area contributed by atoms with Gasteiger partial charge in [-0.25, -0.2) is 0 Å². The van der Waals surface area contributed by atoms with Crippen molar-refractivity contribution in [2.75, 3.05) is 13.1 Å². The first-order chi connectivity index (χ1) is 12.0. The lowest BCUT2D eigenvalue weighted by Crippen LogP contribution is -2.58. The molecule has 2 aliphatic rings. The molecule has 2 bridgehead atoms. The largest absolute Gasteiger partial charge is 0.508 e. The van der Waals surface area contributed by atoms with Crippen LogP contribution in [-0.4, -0.2) is 29.1 Å². The number of likely N-dealkylation sites (tertiary alicyclic amines) is 1. The van der Waals surface area contributed by atoms with Gasteiger partial charge < -0.3 is 5.11 Å². The van der Waals surface area contributed by atoms with Crippen LogP contribution in [0.5, 0.6) is 5.75 Å². The number of phenols is 1. The number of nitrogens with zero attached hydrogens (tertiary/aromatic N) is 1. The van der Waals surface area contributed by atoms with Crippen LogP contribution >= 0.6 is 0 Å². The van der Waals surface area contributed by atoms with Gasteiger partial charge in [-0.1, -0.05) is 44.2 Å². The summed E-state index contributed by atoms with van der Waals surface area (Å²) >= 11 is 0. The molecule has 2 aromatic carbocycles. The van der Waals surface area contributed by atoms with Gasteiger partial charge in [0.2, 0.25) is 0 Å². The van der Waals surface area contributed by atoms with Gasteiger partial charge in [0.15, 0.2) is 0 Å². The van der Waals surface area contributed by atoms with E-state index in [1.54, 1.807) is 0 Å². The van der Waals surface area contributed by atoms with E-state index in [1.165, 1.54) is 28.7 Å². The summed E-state index contributed by atoms with van der Waals surface area (Å²) in [5, 5.41) is 9.96. The summed E-state index contributed by atoms with van der Waals surface area (Å²) < 4.78 is 0. The summed E-state index contributed by atoms with van der Waals surface area (Å²) in [6.45, 7) is 9.34. The first-order valence-corrected chi connectivity index (χ1v) is 9.60. The quantitative estimate of drug-likeness (QED) is 0.895. The Morgan fingerprint density at radius 2 is 2.00 bits per heavy atom. The number of hydrogen-bond acceptors (Lipinski definition) is 2. The zero-order valence-electron chi connectivity index (χ0n) is 15.6. The van der Waals surface area contributed by atoms with Gasteiger partial charge in [-0.3, -0.25) is 4.90 Å². The van der Waals surface area contributed by atoms with E-state index in [4.69, 9.17) is 0 Å². The number of aryl methyl sites for hydroxylation is 1. The summed E-state index contributed by atoms with van der Waals surface area (Å²) in [6.07, 6.45) is 3.42. The fourth-order valence-electron chi connectivity index (χ4n) is 5.13. The molecule has 0 radical (unpaired) electrons. The maximum Gasteiger partial charge on any atom is 0.115 e. The molecule has 1 aliphatic carbocycles. The minimum atomic E-state index is 0.191. The molecule has 0 spiro atoms. The van der Waals surface area contributed by atoms with Crippen LogP contribution in [0, 0.1) is 12.8 Å². The predicted molar refractivity (Wildman–Crippen MR) is 103 cm³/mol. The third-order valence-corrected chi connectivity index (χ3v) is 7.04. The van der Waals surface area contributed by atoms with Crippen molar-refractivity contribution in [2.45, 2.75) is 51.5 Å². The Hall–Kier alpha value is -1.80. The molecule has 1 heterocycles. The molecule has 0 amide bonds. The minimum absolute atomic E-state index is 0.191. The van der Waals surface area contributed by atoms with Crippen LogP contribution < -0.4 is 0 Å². The van der Waals surface area contributed by atoms with Gasteiger partial charge in [0.1, 0.15) is 5.75 Å². The summed E-state index contributed by atoms with van der Waals surface area (Å²) in [6, 6.07) is 15.4. The normalized spacial score (nSPS) is 28.6. The first-order valence-electron chi connectivity index (χ1n) is 9.60. The number of phenolic OH excluding ortho intramolecular Hbond substituents is 1. The van der Waals surface area contributed by atoms with Crippen molar-refractivity contribution in [1.82, 2.24) is 4.90 Å². The molecule has 4 rings (SSSR count). The molecular formula is C23H29NO. The second-order valence-electron chi connectivity index (χ2n) is 8.28. The molecule has 3 unspecified atom stereocenters. The molecule has 132 valence electrons. The van der Waals surface area contributed by atoms with Crippen molar-refractivity contribution < 1.29 is 5.11 Å². The molecule has 1 saturated heterocycles. The van der Waals surface area contributed by atoms with E-state index >= 15 is 0 Å². The van der Waals surface area contributed by atoms with Gasteiger partial charge in [0.25, 0.3) is 0 Å². The number of aromatic hydroxyl groups is 1. The number of hydrogen-bond donors (Lipinski definition) is 1. The number of piperidine rings is 1. The summed E-state index contributed by atoms with van der Waals surface area (Å²) in [5.41, 5.74) is 5.89. The lowest BCUT2D eigenvalue weighted by molar-refractivity contribution is 0.0322. The molecule has 2 nitrogen and oxygen atoms in total. The SMILES string of the molecule is Cc1ccccc1CCN1CCC2(C)c3cc(O)ccc3CC1C2C. The molecule has 25 heavy (non-hydrogen) atoms. The van der Waals surface area contributed by atoms with Crippen LogP contribution in [0.15, 0.2) is 42.5 Å². The summed E-state index contributed by atoms with van der Waals surface area (Å²) in [7, 11) is 0. The van der Waals surface area contributed by atoms with Crippen molar-refractivity contribution in [1.29, 1.82) is 0 Å². The Labute approximate surface area is 151 Å². The number of benzene rings is 2. The minimum Gasteiger partial charge on any atom is -0.508 e. The van der Waals surface area contributed by atoms with Crippen molar-refractivity contribution in [2.24, 2.45) is 5.92 Å². The van der Waals surface area contributed by atoms with Gasteiger partial charge in [-0.2, -0.15) is 0 Å². The van der Waals surface area contributed by atoms with E-state index in [9.17, 15) is 5.11 Å². The topological polar surface area (TPSA) is 23.5 Å². The standard InChI is InChI=1S/C23H29NO/c1-16-6-4-5-7-18(16)10-12-24-13-11-23(3)17(2)22(24)14-19-8-9-20(25)15-21(19)23/h4-9,15,17,22,25H,10-14H2,1-3H3. The highest BCUT2D eigenvalue weighted by Crippen LogP contribution is 2.49. The van der Waals surface area contributed by atoms with Crippen LogP contribution in [0.2, 0.25) is 0 Å². The molecule has 0 saturated carbocycles. The molecule has 0 aromatic heterocycles. The van der Waals surface area contributed by atoms with Gasteiger partial charge in [0, 0.05) is 12.6 Å². The van der Waals surface area contributed by atoms with Crippen molar-refractivity contribution in [3.8, 4) is 5.75 Å². The Morgan fingerprint density at radius 1 is 1.20 bits per heavy atom. The van der Waals surface area contributed by atoms with Crippen LogP contribution in [0.25, 0.3) is 0 Å². The van der Waals surface area contributed by atoms with Crippen LogP contribution in [-0.2, 0) is 18.3 Å². The van der Waals surface area contributed by atoms with Crippen molar-refractivity contribution in [3.63, 3.8) is 0 Å². The van der Waals surface area contributed by atoms with Gasteiger partial charge >= 0.3 is 0 Å². The van der Waals surface area contributed by atoms with Crippen molar-refractivity contribution in [3.05, 3.63) is 64.7 Å². The molecular weight excluding hydrogens is 306 g/mol. The smallest absolute Gasteiger partial charge is 0.115 e. The van der Waals surface area contributed by atoms with E-state index in [2.05, 4.69) is 56.0 Å². The predicted octanol–water partition coefficient (Wildman–Crippen LogP) is 4.47. The lowest BCUT2D eigenvalue weighted by atomic mass is 9.59. The monoisotopic (exact) mass is 335 g/mol. The van der Waals surface area contributed by atoms with Crippen LogP contribution in [0.1, 0.15) is 42.5 Å². The molecule has 1 aliphatic heterocycles. The Kier molecular flexibility index (Phi) is 4.11. The highest BCUT2D eigenvalue weighted by molar-refractivity contribution is 5.44. The fraction of sp³-hybridized carbons (Fsp3) is 0.478. The average Bonchev–Trinajstić information content (AvgIpc) is 2.59. The van der Waals surface area contributed by atoms with Crippen LogP contribution in [0.4, 0.5) is 0 Å². The first kappa shape index (κ1) is 16.7. The lowest BCUT2D eigenvalue weighted by Gasteiger charge is -2.54. The molecule has 2 aromatic rings. The van der Waals surface area contributed by atoms with Crippen molar-refractivity contribution >= 4 is 0 Å². The third-order valence-electron chi connectivity index (χ3n) is 7.04. The zero-order chi connectivity index (χ0) is 17.6. The average molecular weight is 335 g/mol. The van der Waals surface area contributed by atoms with Crippen LogP contribution in [0.3, 0.4) is 0 Å². The highest BCUT2D eigenvalue weighted by Gasteiger charge is 2.48.